The van der Waals surface area contributed by atoms with Crippen LogP contribution in [0.15, 0.2) is 66.6 Å². The van der Waals surface area contributed by atoms with Gasteiger partial charge in [-0.1, -0.05) is 44.0 Å². The van der Waals surface area contributed by atoms with Gasteiger partial charge in [0.15, 0.2) is 5.79 Å². The highest BCUT2D eigenvalue weighted by atomic mass is 32.2. The summed E-state index contributed by atoms with van der Waals surface area (Å²) in [5.74, 6) is -0.570. The number of nitrogens with zero attached hydrogens (tertiary/aromatic N) is 2. The standard InChI is InChI=1S/C21H28N2O2S/c1-3-5-9-12-21(16-23-14-13-22-17-23)24-15-19(25-21)20(4-2)26-18-10-7-6-8-11-18/h4,6-8,10-11,13-14,17,19-20H,2-3,5,9,12,15-16H2,1H3. The molecule has 1 aromatic carbocycles. The summed E-state index contributed by atoms with van der Waals surface area (Å²) in [7, 11) is 0. The molecular weight excluding hydrogens is 344 g/mol. The number of thioether (sulfide) groups is 1. The van der Waals surface area contributed by atoms with Gasteiger partial charge in [-0.25, -0.2) is 4.98 Å². The van der Waals surface area contributed by atoms with Crippen molar-refractivity contribution in [3.05, 3.63) is 61.7 Å². The number of benzene rings is 1. The molecule has 1 aliphatic rings. The Morgan fingerprint density at radius 3 is 2.92 bits per heavy atom. The first kappa shape index (κ1) is 19.2. The van der Waals surface area contributed by atoms with Crippen molar-refractivity contribution < 1.29 is 9.47 Å². The number of hydrogen-bond acceptors (Lipinski definition) is 4. The minimum Gasteiger partial charge on any atom is -0.345 e. The van der Waals surface area contributed by atoms with Gasteiger partial charge in [0, 0.05) is 23.7 Å². The molecule has 0 spiro atoms. The van der Waals surface area contributed by atoms with Crippen LogP contribution in [-0.4, -0.2) is 33.3 Å². The third-order valence-electron chi connectivity index (χ3n) is 4.63. The van der Waals surface area contributed by atoms with Gasteiger partial charge in [-0.15, -0.1) is 18.3 Å². The zero-order valence-electron chi connectivity index (χ0n) is 15.4. The fourth-order valence-electron chi connectivity index (χ4n) is 3.27. The second-order valence-electron chi connectivity index (χ2n) is 6.70. The first-order valence-corrected chi connectivity index (χ1v) is 10.2. The summed E-state index contributed by atoms with van der Waals surface area (Å²) in [6.45, 7) is 7.51. The molecule has 4 nitrogen and oxygen atoms in total. The van der Waals surface area contributed by atoms with Crippen LogP contribution in [0.4, 0.5) is 0 Å². The third-order valence-corrected chi connectivity index (χ3v) is 5.95. The zero-order chi connectivity index (χ0) is 18.2. The quantitative estimate of drug-likeness (QED) is 0.337. The molecule has 3 rings (SSSR count). The number of imidazole rings is 1. The molecule has 3 unspecified atom stereocenters. The lowest BCUT2D eigenvalue weighted by molar-refractivity contribution is -0.182. The van der Waals surface area contributed by atoms with Crippen molar-refractivity contribution in [2.24, 2.45) is 0 Å². The Balaban J connectivity index is 1.68. The summed E-state index contributed by atoms with van der Waals surface area (Å²) in [5.41, 5.74) is 0. The molecule has 0 bridgehead atoms. The van der Waals surface area contributed by atoms with Crippen LogP contribution in [0.5, 0.6) is 0 Å². The minimum atomic E-state index is -0.570. The van der Waals surface area contributed by atoms with Crippen LogP contribution < -0.4 is 0 Å². The van der Waals surface area contributed by atoms with Crippen LogP contribution in [0.3, 0.4) is 0 Å². The number of unbranched alkanes of at least 4 members (excludes halogenated alkanes) is 2. The Morgan fingerprint density at radius 2 is 2.23 bits per heavy atom. The predicted octanol–water partition coefficient (Wildman–Crippen LogP) is 4.92. The van der Waals surface area contributed by atoms with Crippen molar-refractivity contribution in [1.82, 2.24) is 9.55 Å². The van der Waals surface area contributed by atoms with Crippen molar-refractivity contribution in [3.8, 4) is 0 Å². The minimum absolute atomic E-state index is 0.00264. The number of hydrogen-bond donors (Lipinski definition) is 0. The lowest BCUT2D eigenvalue weighted by Crippen LogP contribution is -2.37. The van der Waals surface area contributed by atoms with E-state index in [4.69, 9.17) is 9.47 Å². The van der Waals surface area contributed by atoms with Crippen molar-refractivity contribution >= 4 is 11.8 Å². The van der Waals surface area contributed by atoms with Gasteiger partial charge in [-0.2, -0.15) is 0 Å². The lowest BCUT2D eigenvalue weighted by atomic mass is 10.1. The SMILES string of the molecule is C=CC(Sc1ccccc1)C1COC(CCCCC)(Cn2ccnc2)O1. The summed E-state index contributed by atoms with van der Waals surface area (Å²) in [6.07, 6.45) is 11.9. The second-order valence-corrected chi connectivity index (χ2v) is 7.95. The smallest absolute Gasteiger partial charge is 0.186 e. The maximum absolute atomic E-state index is 6.53. The molecule has 0 saturated carbocycles. The highest BCUT2D eigenvalue weighted by Gasteiger charge is 2.43. The molecule has 0 radical (unpaired) electrons. The number of aromatic nitrogens is 2. The Kier molecular flexibility index (Phi) is 6.94. The van der Waals surface area contributed by atoms with E-state index in [-0.39, 0.29) is 11.4 Å². The summed E-state index contributed by atoms with van der Waals surface area (Å²) >= 11 is 1.78. The first-order chi connectivity index (χ1) is 12.7. The fraction of sp³-hybridized carbons (Fsp3) is 0.476. The molecule has 26 heavy (non-hydrogen) atoms. The summed E-state index contributed by atoms with van der Waals surface area (Å²) in [5, 5.41) is 0.160. The van der Waals surface area contributed by atoms with Gasteiger partial charge < -0.3 is 14.0 Å². The van der Waals surface area contributed by atoms with Gasteiger partial charge >= 0.3 is 0 Å². The van der Waals surface area contributed by atoms with E-state index in [1.807, 2.05) is 29.2 Å². The van der Waals surface area contributed by atoms with Crippen molar-refractivity contribution in [2.45, 2.75) is 61.2 Å². The normalized spacial score (nSPS) is 23.8. The molecule has 0 aliphatic carbocycles. The van der Waals surface area contributed by atoms with Gasteiger partial charge in [-0.3, -0.25) is 0 Å². The van der Waals surface area contributed by atoms with E-state index in [2.05, 4.69) is 42.8 Å². The summed E-state index contributed by atoms with van der Waals surface area (Å²) in [6, 6.07) is 10.4. The molecule has 3 atom stereocenters. The van der Waals surface area contributed by atoms with E-state index < -0.39 is 5.79 Å². The van der Waals surface area contributed by atoms with Crippen LogP contribution in [0.25, 0.3) is 0 Å². The fourth-order valence-corrected chi connectivity index (χ4v) is 4.28. The van der Waals surface area contributed by atoms with Crippen molar-refractivity contribution in [3.63, 3.8) is 0 Å². The van der Waals surface area contributed by atoms with Crippen molar-refractivity contribution in [2.75, 3.05) is 6.61 Å². The number of ether oxygens (including phenoxy) is 2. The van der Waals surface area contributed by atoms with Gasteiger partial charge in [0.2, 0.25) is 0 Å². The second kappa shape index (κ2) is 9.40. The lowest BCUT2D eigenvalue weighted by Gasteiger charge is -2.29. The van der Waals surface area contributed by atoms with Gasteiger partial charge in [-0.05, 0) is 18.6 Å². The third kappa shape index (κ3) is 5.00. The number of rotatable bonds is 10. The Morgan fingerprint density at radius 1 is 1.38 bits per heavy atom. The Hall–Kier alpha value is -1.56. The largest absolute Gasteiger partial charge is 0.345 e. The predicted molar refractivity (Wildman–Crippen MR) is 106 cm³/mol. The molecule has 0 N–H and O–H groups in total. The topological polar surface area (TPSA) is 36.3 Å². The van der Waals surface area contributed by atoms with Gasteiger partial charge in [0.25, 0.3) is 0 Å². The molecule has 5 heteroatoms. The van der Waals surface area contributed by atoms with E-state index in [9.17, 15) is 0 Å². The van der Waals surface area contributed by atoms with Crippen LogP contribution in [0, 0.1) is 0 Å². The van der Waals surface area contributed by atoms with E-state index in [0.29, 0.717) is 13.2 Å². The monoisotopic (exact) mass is 372 g/mol. The van der Waals surface area contributed by atoms with Crippen LogP contribution in [0.1, 0.15) is 32.6 Å². The summed E-state index contributed by atoms with van der Waals surface area (Å²) < 4.78 is 14.8. The molecule has 1 aliphatic heterocycles. The average Bonchev–Trinajstić information content (AvgIpc) is 3.32. The van der Waals surface area contributed by atoms with E-state index in [1.165, 1.54) is 17.7 Å². The molecule has 0 amide bonds. The summed E-state index contributed by atoms with van der Waals surface area (Å²) in [4.78, 5) is 5.37. The Bertz CT molecular complexity index is 662. The van der Waals surface area contributed by atoms with E-state index in [1.54, 1.807) is 18.0 Å². The molecule has 1 aromatic heterocycles. The van der Waals surface area contributed by atoms with Crippen LogP contribution in [0.2, 0.25) is 0 Å². The van der Waals surface area contributed by atoms with E-state index >= 15 is 0 Å². The van der Waals surface area contributed by atoms with Crippen LogP contribution in [-0.2, 0) is 16.0 Å². The van der Waals surface area contributed by atoms with E-state index in [0.717, 1.165) is 12.8 Å². The van der Waals surface area contributed by atoms with Crippen LogP contribution >= 0.6 is 11.8 Å². The van der Waals surface area contributed by atoms with Gasteiger partial charge in [0.1, 0.15) is 6.10 Å². The zero-order valence-corrected chi connectivity index (χ0v) is 16.2. The molecule has 140 valence electrons. The van der Waals surface area contributed by atoms with Gasteiger partial charge in [0.05, 0.1) is 24.7 Å². The highest BCUT2D eigenvalue weighted by Crippen LogP contribution is 2.37. The molecule has 1 saturated heterocycles. The maximum atomic E-state index is 6.53. The molecular formula is C21H28N2O2S. The molecule has 2 aromatic rings. The van der Waals surface area contributed by atoms with Crippen molar-refractivity contribution in [1.29, 1.82) is 0 Å². The molecule has 2 heterocycles. The average molecular weight is 373 g/mol. The molecule has 1 fully saturated rings. The maximum Gasteiger partial charge on any atom is 0.186 e. The first-order valence-electron chi connectivity index (χ1n) is 9.36. The highest BCUT2D eigenvalue weighted by molar-refractivity contribution is 8.00. The Labute approximate surface area is 160 Å².